The third-order valence-corrected chi connectivity index (χ3v) is 11.4. The van der Waals surface area contributed by atoms with Crippen molar-refractivity contribution in [3.63, 3.8) is 0 Å². The van der Waals surface area contributed by atoms with Crippen LogP contribution in [0.4, 0.5) is 0 Å². The summed E-state index contributed by atoms with van der Waals surface area (Å²) < 4.78 is 5.88. The van der Waals surface area contributed by atoms with Crippen LogP contribution in [-0.4, -0.2) is 46.9 Å². The van der Waals surface area contributed by atoms with Gasteiger partial charge in [-0.25, -0.2) is 0 Å². The van der Waals surface area contributed by atoms with Crippen LogP contribution in [0.25, 0.3) is 0 Å². The Morgan fingerprint density at radius 1 is 0.508 bits per heavy atom. The molecule has 0 rings (SSSR count). The molecular weight excluding hydrogens is 731 g/mol. The van der Waals surface area contributed by atoms with Gasteiger partial charge in [-0.15, -0.1) is 0 Å². The third kappa shape index (κ3) is 42.3. The number of carbonyl (C=O) groups excluding carboxylic acids is 2. The van der Waals surface area contributed by atoms with Crippen molar-refractivity contribution < 1.29 is 24.5 Å². The van der Waals surface area contributed by atoms with Crippen molar-refractivity contribution in [1.82, 2.24) is 5.32 Å². The molecule has 0 saturated heterocycles. The highest BCUT2D eigenvalue weighted by molar-refractivity contribution is 5.77. The van der Waals surface area contributed by atoms with Crippen LogP contribution in [0, 0.1) is 0 Å². The van der Waals surface area contributed by atoms with Crippen molar-refractivity contribution in [2.45, 2.75) is 270 Å². The molecule has 59 heavy (non-hydrogen) atoms. The van der Waals surface area contributed by atoms with Gasteiger partial charge in [-0.1, -0.05) is 217 Å². The number of amides is 1. The molecule has 0 radical (unpaired) electrons. The molecule has 0 fully saturated rings. The number of carbonyl (C=O) groups is 2. The molecule has 0 aromatic rings. The van der Waals surface area contributed by atoms with E-state index in [4.69, 9.17) is 4.74 Å². The van der Waals surface area contributed by atoms with Gasteiger partial charge >= 0.3 is 5.97 Å². The Morgan fingerprint density at radius 2 is 0.915 bits per heavy atom. The minimum Gasteiger partial charge on any atom is -0.462 e. The molecule has 0 spiro atoms. The van der Waals surface area contributed by atoms with Crippen LogP contribution >= 0.6 is 0 Å². The summed E-state index contributed by atoms with van der Waals surface area (Å²) in [7, 11) is 0. The first-order valence-corrected chi connectivity index (χ1v) is 25.4. The number of hydrogen-bond donors (Lipinski definition) is 3. The molecule has 0 aromatic heterocycles. The molecule has 0 aliphatic heterocycles. The van der Waals surface area contributed by atoms with Crippen LogP contribution in [0.2, 0.25) is 0 Å². The Hall–Kier alpha value is -2.18. The maximum atomic E-state index is 13.2. The lowest BCUT2D eigenvalue weighted by molar-refractivity contribution is -0.150. The second kappa shape index (κ2) is 46.9. The quantitative estimate of drug-likeness (QED) is 0.0323. The summed E-state index contributed by atoms with van der Waals surface area (Å²) in [4.78, 5) is 26.0. The molecule has 344 valence electrons. The van der Waals surface area contributed by atoms with Crippen LogP contribution in [-0.2, 0) is 14.3 Å². The van der Waals surface area contributed by atoms with Crippen molar-refractivity contribution in [2.24, 2.45) is 0 Å². The van der Waals surface area contributed by atoms with Gasteiger partial charge in [0.1, 0.15) is 6.10 Å². The number of rotatable bonds is 45. The molecule has 3 atom stereocenters. The predicted octanol–water partition coefficient (Wildman–Crippen LogP) is 15.1. The van der Waals surface area contributed by atoms with E-state index in [1.807, 2.05) is 6.08 Å². The lowest BCUT2D eigenvalue weighted by Crippen LogP contribution is -2.46. The van der Waals surface area contributed by atoms with E-state index in [2.05, 4.69) is 68.6 Å². The van der Waals surface area contributed by atoms with E-state index in [0.717, 1.165) is 77.0 Å². The minimum absolute atomic E-state index is 0.0461. The first-order chi connectivity index (χ1) is 29.0. The summed E-state index contributed by atoms with van der Waals surface area (Å²) in [5.74, 6) is -0.566. The summed E-state index contributed by atoms with van der Waals surface area (Å²) in [5, 5.41) is 23.7. The van der Waals surface area contributed by atoms with E-state index < -0.39 is 18.2 Å². The standard InChI is InChI=1S/C53H97NO5/c1-4-7-10-13-16-19-22-25-26-28-30-33-36-39-42-45-51(56)50(48-55)54-52(57)47-49(44-41-38-35-32-29-24-21-18-15-12-9-6-3)59-53(58)46-43-40-37-34-31-27-23-20-17-14-11-8-5-2/h9,12,18,21,27,31,37,40,49-51,55-56H,4-8,10-11,13-17,19-20,22-26,28-30,32-36,38-39,41-48H2,1-3H3,(H,54,57)/b12-9+,21-18+,31-27-,40-37+. The molecule has 6 heteroatoms. The SMILES string of the molecule is CC/C=C/C/C=C/CCCCCCCC(CC(=O)NC(CO)C(O)CCCCCCCCCCCCCCCCC)OC(=O)CC/C=C/C/C=C\CCCCCCCC. The lowest BCUT2D eigenvalue weighted by atomic mass is 10.0. The molecule has 0 aliphatic carbocycles. The number of aliphatic hydroxyl groups is 2. The number of esters is 1. The van der Waals surface area contributed by atoms with Gasteiger partial charge in [0, 0.05) is 6.42 Å². The fourth-order valence-electron chi connectivity index (χ4n) is 7.58. The van der Waals surface area contributed by atoms with E-state index in [1.165, 1.54) is 122 Å². The molecule has 0 saturated carbocycles. The van der Waals surface area contributed by atoms with Gasteiger partial charge in [0.2, 0.25) is 5.91 Å². The molecule has 0 heterocycles. The Kier molecular flexibility index (Phi) is 45.1. The predicted molar refractivity (Wildman–Crippen MR) is 255 cm³/mol. The third-order valence-electron chi connectivity index (χ3n) is 11.4. The molecule has 6 nitrogen and oxygen atoms in total. The number of ether oxygens (including phenoxy) is 1. The van der Waals surface area contributed by atoms with Crippen molar-refractivity contribution in [3.8, 4) is 0 Å². The van der Waals surface area contributed by atoms with Crippen LogP contribution in [0.3, 0.4) is 0 Å². The van der Waals surface area contributed by atoms with Gasteiger partial charge in [-0.2, -0.15) is 0 Å². The number of unbranched alkanes of at least 4 members (excludes halogenated alkanes) is 25. The van der Waals surface area contributed by atoms with E-state index in [0.29, 0.717) is 19.3 Å². The molecule has 3 unspecified atom stereocenters. The van der Waals surface area contributed by atoms with Crippen LogP contribution in [0.1, 0.15) is 252 Å². The second-order valence-corrected chi connectivity index (χ2v) is 17.2. The van der Waals surface area contributed by atoms with E-state index in [1.54, 1.807) is 0 Å². The van der Waals surface area contributed by atoms with Gasteiger partial charge in [0.25, 0.3) is 0 Å². The number of aliphatic hydroxyl groups excluding tert-OH is 2. The topological polar surface area (TPSA) is 95.9 Å². The fourth-order valence-corrected chi connectivity index (χ4v) is 7.58. The monoisotopic (exact) mass is 828 g/mol. The Bertz CT molecular complexity index is 1020. The Labute approximate surface area is 366 Å². The fraction of sp³-hybridized carbons (Fsp3) is 0.811. The molecule has 0 aromatic carbocycles. The molecular formula is C53H97NO5. The number of hydrogen-bond acceptors (Lipinski definition) is 5. The highest BCUT2D eigenvalue weighted by Gasteiger charge is 2.24. The van der Waals surface area contributed by atoms with E-state index in [9.17, 15) is 19.8 Å². The minimum atomic E-state index is -0.799. The zero-order chi connectivity index (χ0) is 43.1. The van der Waals surface area contributed by atoms with Gasteiger partial charge in [0.15, 0.2) is 0 Å². The summed E-state index contributed by atoms with van der Waals surface area (Å²) in [6.07, 6.45) is 56.1. The molecule has 1 amide bonds. The van der Waals surface area contributed by atoms with Gasteiger partial charge < -0.3 is 20.3 Å². The maximum absolute atomic E-state index is 13.2. The maximum Gasteiger partial charge on any atom is 0.306 e. The molecule has 0 aliphatic rings. The normalized spacial score (nSPS) is 13.6. The van der Waals surface area contributed by atoms with E-state index in [-0.39, 0.29) is 31.3 Å². The summed E-state index contributed by atoms with van der Waals surface area (Å²) >= 11 is 0. The second-order valence-electron chi connectivity index (χ2n) is 17.2. The first-order valence-electron chi connectivity index (χ1n) is 25.4. The summed E-state index contributed by atoms with van der Waals surface area (Å²) in [6.45, 7) is 6.36. The summed E-state index contributed by atoms with van der Waals surface area (Å²) in [5.41, 5.74) is 0. The largest absolute Gasteiger partial charge is 0.462 e. The van der Waals surface area contributed by atoms with E-state index >= 15 is 0 Å². The highest BCUT2D eigenvalue weighted by Crippen LogP contribution is 2.17. The highest BCUT2D eigenvalue weighted by atomic mass is 16.5. The van der Waals surface area contributed by atoms with Crippen molar-refractivity contribution in [1.29, 1.82) is 0 Å². The van der Waals surface area contributed by atoms with Crippen LogP contribution in [0.15, 0.2) is 48.6 Å². The average Bonchev–Trinajstić information content (AvgIpc) is 3.23. The Morgan fingerprint density at radius 3 is 1.37 bits per heavy atom. The molecule has 0 bridgehead atoms. The smallest absolute Gasteiger partial charge is 0.306 e. The van der Waals surface area contributed by atoms with Gasteiger partial charge in [0.05, 0.1) is 25.2 Å². The van der Waals surface area contributed by atoms with Crippen LogP contribution < -0.4 is 5.32 Å². The average molecular weight is 828 g/mol. The first kappa shape index (κ1) is 56.8. The van der Waals surface area contributed by atoms with Crippen molar-refractivity contribution in [3.05, 3.63) is 48.6 Å². The number of nitrogens with one attached hydrogen (secondary N) is 1. The summed E-state index contributed by atoms with van der Waals surface area (Å²) in [6, 6.07) is -0.716. The van der Waals surface area contributed by atoms with Gasteiger partial charge in [-0.05, 0) is 70.6 Å². The van der Waals surface area contributed by atoms with Crippen molar-refractivity contribution >= 4 is 11.9 Å². The zero-order valence-corrected chi connectivity index (χ0v) is 39.1. The van der Waals surface area contributed by atoms with Crippen molar-refractivity contribution in [2.75, 3.05) is 6.61 Å². The Balaban J connectivity index is 4.60. The van der Waals surface area contributed by atoms with Gasteiger partial charge in [-0.3, -0.25) is 9.59 Å². The van der Waals surface area contributed by atoms with Crippen LogP contribution in [0.5, 0.6) is 0 Å². The number of allylic oxidation sites excluding steroid dienone is 8. The lowest BCUT2D eigenvalue weighted by Gasteiger charge is -2.24. The zero-order valence-electron chi connectivity index (χ0n) is 39.1. The molecule has 3 N–H and O–H groups in total.